The van der Waals surface area contributed by atoms with Crippen LogP contribution in [-0.2, 0) is 12.6 Å². The molecule has 1 aromatic rings. The summed E-state index contributed by atoms with van der Waals surface area (Å²) in [6, 6.07) is 0. The van der Waals surface area contributed by atoms with Crippen molar-refractivity contribution in [2.45, 2.75) is 25.4 Å². The van der Waals surface area contributed by atoms with E-state index in [1.165, 1.54) is 0 Å². The van der Waals surface area contributed by atoms with Gasteiger partial charge in [-0.3, -0.25) is 5.10 Å². The minimum Gasteiger partial charge on any atom is -0.316 e. The Hall–Kier alpha value is -1.11. The van der Waals surface area contributed by atoms with E-state index in [0.29, 0.717) is 23.6 Å². The Kier molecular flexibility index (Phi) is 2.23. The molecule has 0 amide bonds. The summed E-state index contributed by atoms with van der Waals surface area (Å²) >= 11 is 0. The van der Waals surface area contributed by atoms with E-state index in [2.05, 4.69) is 20.5 Å². The van der Waals surface area contributed by atoms with Crippen LogP contribution >= 0.6 is 0 Å². The molecule has 1 saturated heterocycles. The summed E-state index contributed by atoms with van der Waals surface area (Å²) in [5.74, 6) is -0.262. The van der Waals surface area contributed by atoms with E-state index in [4.69, 9.17) is 0 Å². The summed E-state index contributed by atoms with van der Waals surface area (Å²) < 4.78 is 36.8. The molecular formula is C10H13F3N4. The first kappa shape index (κ1) is 11.0. The average molecular weight is 246 g/mol. The fraction of sp³-hybridized carbons (Fsp3) is 0.800. The summed E-state index contributed by atoms with van der Waals surface area (Å²) in [5.41, 5.74) is 0.442. The number of hydrogen-bond acceptors (Lipinski definition) is 3. The van der Waals surface area contributed by atoms with Crippen molar-refractivity contribution in [3.05, 3.63) is 11.6 Å². The smallest absolute Gasteiger partial charge is 0.316 e. The van der Waals surface area contributed by atoms with Crippen LogP contribution in [0.5, 0.6) is 0 Å². The van der Waals surface area contributed by atoms with Crippen molar-refractivity contribution >= 4 is 0 Å². The first-order valence-corrected chi connectivity index (χ1v) is 5.66. The molecule has 2 N–H and O–H groups in total. The molecule has 17 heavy (non-hydrogen) atoms. The van der Waals surface area contributed by atoms with Gasteiger partial charge >= 0.3 is 6.18 Å². The van der Waals surface area contributed by atoms with Gasteiger partial charge in [0.1, 0.15) is 5.82 Å². The molecule has 2 aliphatic rings. The van der Waals surface area contributed by atoms with Gasteiger partial charge in [0.2, 0.25) is 0 Å². The number of nitrogens with zero attached hydrogens (tertiary/aromatic N) is 2. The van der Waals surface area contributed by atoms with E-state index in [1.807, 2.05) is 0 Å². The number of nitrogens with one attached hydrogen (secondary N) is 2. The van der Waals surface area contributed by atoms with Gasteiger partial charge in [0.15, 0.2) is 0 Å². The Morgan fingerprint density at radius 2 is 2.00 bits per heavy atom. The van der Waals surface area contributed by atoms with Crippen LogP contribution in [0.15, 0.2) is 0 Å². The molecule has 0 bridgehead atoms. The monoisotopic (exact) mass is 246 g/mol. The van der Waals surface area contributed by atoms with Crippen LogP contribution in [0.25, 0.3) is 0 Å². The fourth-order valence-corrected chi connectivity index (χ4v) is 2.86. The summed E-state index contributed by atoms with van der Waals surface area (Å²) in [7, 11) is 0. The Bertz CT molecular complexity index is 413. The summed E-state index contributed by atoms with van der Waals surface area (Å²) in [4.78, 5) is 3.49. The molecule has 1 aliphatic carbocycles. The van der Waals surface area contributed by atoms with Crippen molar-refractivity contribution < 1.29 is 13.2 Å². The van der Waals surface area contributed by atoms with Gasteiger partial charge in [0.25, 0.3) is 5.82 Å². The molecule has 1 saturated carbocycles. The van der Waals surface area contributed by atoms with Gasteiger partial charge in [-0.1, -0.05) is 0 Å². The van der Waals surface area contributed by atoms with E-state index < -0.39 is 12.0 Å². The molecule has 1 aromatic heterocycles. The van der Waals surface area contributed by atoms with Crippen molar-refractivity contribution in [2.75, 3.05) is 13.1 Å². The maximum Gasteiger partial charge on any atom is 0.453 e. The molecule has 2 heterocycles. The summed E-state index contributed by atoms with van der Waals surface area (Å²) in [6.07, 6.45) is -1.71. The topological polar surface area (TPSA) is 53.6 Å². The van der Waals surface area contributed by atoms with Crippen molar-refractivity contribution in [3.8, 4) is 0 Å². The van der Waals surface area contributed by atoms with Crippen molar-refractivity contribution in [2.24, 2.45) is 11.3 Å². The first-order chi connectivity index (χ1) is 7.97. The van der Waals surface area contributed by atoms with Gasteiger partial charge in [-0.25, -0.2) is 4.98 Å². The lowest BCUT2D eigenvalue weighted by molar-refractivity contribution is -0.144. The van der Waals surface area contributed by atoms with E-state index >= 15 is 0 Å². The van der Waals surface area contributed by atoms with Crippen molar-refractivity contribution in [1.82, 2.24) is 20.5 Å². The number of halogens is 3. The molecule has 0 unspecified atom stereocenters. The van der Waals surface area contributed by atoms with E-state index in [0.717, 1.165) is 25.9 Å². The summed E-state index contributed by atoms with van der Waals surface area (Å²) in [5, 5.41) is 8.80. The zero-order valence-corrected chi connectivity index (χ0v) is 9.14. The minimum atomic E-state index is -4.45. The molecule has 0 atom stereocenters. The quantitative estimate of drug-likeness (QED) is 0.828. The van der Waals surface area contributed by atoms with Gasteiger partial charge in [0.05, 0.1) is 0 Å². The highest BCUT2D eigenvalue weighted by atomic mass is 19.4. The van der Waals surface area contributed by atoms with Crippen molar-refractivity contribution in [1.29, 1.82) is 0 Å². The third kappa shape index (κ3) is 1.92. The highest BCUT2D eigenvalue weighted by molar-refractivity contribution is 5.05. The average Bonchev–Trinajstić information content (AvgIpc) is 2.54. The van der Waals surface area contributed by atoms with Gasteiger partial charge in [0, 0.05) is 19.5 Å². The molecule has 4 nitrogen and oxygen atoms in total. The van der Waals surface area contributed by atoms with Crippen LogP contribution in [0, 0.1) is 11.3 Å². The maximum atomic E-state index is 12.3. The first-order valence-electron chi connectivity index (χ1n) is 5.66. The van der Waals surface area contributed by atoms with Gasteiger partial charge < -0.3 is 5.32 Å². The van der Waals surface area contributed by atoms with Gasteiger partial charge in [-0.2, -0.15) is 13.2 Å². The number of hydrogen-bond donors (Lipinski definition) is 2. The van der Waals surface area contributed by atoms with Crippen LogP contribution in [-0.4, -0.2) is 28.3 Å². The van der Waals surface area contributed by atoms with E-state index in [9.17, 15) is 13.2 Å². The van der Waals surface area contributed by atoms with E-state index in [1.54, 1.807) is 0 Å². The molecule has 0 aromatic carbocycles. The minimum absolute atomic E-state index is 0.351. The van der Waals surface area contributed by atoms with Crippen LogP contribution < -0.4 is 5.32 Å². The third-order valence-corrected chi connectivity index (χ3v) is 3.71. The molecule has 1 spiro atoms. The Labute approximate surface area is 96.0 Å². The predicted octanol–water partition coefficient (Wildman–Crippen LogP) is 1.37. The predicted molar refractivity (Wildman–Crippen MR) is 53.1 cm³/mol. The second kappa shape index (κ2) is 3.44. The zero-order chi connectivity index (χ0) is 12.1. The molecule has 2 fully saturated rings. The molecule has 94 valence electrons. The lowest BCUT2D eigenvalue weighted by Gasteiger charge is -2.54. The lowest BCUT2D eigenvalue weighted by atomic mass is 9.58. The standard InChI is InChI=1S/C10H13F3N4/c11-10(12,13)8-15-7(16-17-8)1-6-2-9(3-6)4-14-5-9/h6,14H,1-5H2,(H,15,16,17). The van der Waals surface area contributed by atoms with Crippen LogP contribution in [0.1, 0.15) is 24.5 Å². The number of alkyl halides is 3. The molecule has 1 aliphatic heterocycles. The van der Waals surface area contributed by atoms with Crippen LogP contribution in [0.4, 0.5) is 13.2 Å². The normalized spacial score (nSPS) is 23.5. The summed E-state index contributed by atoms with van der Waals surface area (Å²) in [6.45, 7) is 2.10. The molecular weight excluding hydrogens is 233 g/mol. The molecule has 7 heteroatoms. The number of H-pyrrole nitrogens is 1. The molecule has 3 rings (SSSR count). The lowest BCUT2D eigenvalue weighted by Crippen LogP contribution is -2.60. The largest absolute Gasteiger partial charge is 0.453 e. The second-order valence-electron chi connectivity index (χ2n) is 5.19. The van der Waals surface area contributed by atoms with Gasteiger partial charge in [-0.05, 0) is 24.2 Å². The Morgan fingerprint density at radius 1 is 1.29 bits per heavy atom. The number of aromatic amines is 1. The highest BCUT2D eigenvalue weighted by Crippen LogP contribution is 2.49. The highest BCUT2D eigenvalue weighted by Gasteiger charge is 2.48. The second-order valence-corrected chi connectivity index (χ2v) is 5.19. The van der Waals surface area contributed by atoms with Crippen LogP contribution in [0.3, 0.4) is 0 Å². The van der Waals surface area contributed by atoms with Gasteiger partial charge in [-0.15, -0.1) is 5.10 Å². The van der Waals surface area contributed by atoms with Crippen LogP contribution in [0.2, 0.25) is 0 Å². The van der Waals surface area contributed by atoms with Crippen molar-refractivity contribution in [3.63, 3.8) is 0 Å². The number of aromatic nitrogens is 3. The Morgan fingerprint density at radius 3 is 2.47 bits per heavy atom. The fourth-order valence-electron chi connectivity index (χ4n) is 2.86. The zero-order valence-electron chi connectivity index (χ0n) is 9.14. The maximum absolute atomic E-state index is 12.3. The SMILES string of the molecule is FC(F)(F)c1n[nH]c(CC2CC3(CNC3)C2)n1. The third-order valence-electron chi connectivity index (χ3n) is 3.71. The Balaban J connectivity index is 1.57. The van der Waals surface area contributed by atoms with E-state index in [-0.39, 0.29) is 0 Å². The molecule has 0 radical (unpaired) electrons. The number of rotatable bonds is 2.